The summed E-state index contributed by atoms with van der Waals surface area (Å²) in [4.78, 5) is 37.3. The first kappa shape index (κ1) is 20.2. The second-order valence-electron chi connectivity index (χ2n) is 6.30. The highest BCUT2D eigenvalue weighted by Gasteiger charge is 2.25. The van der Waals surface area contributed by atoms with Crippen molar-refractivity contribution in [2.75, 3.05) is 31.6 Å². The monoisotopic (exact) mass is 399 g/mol. The van der Waals surface area contributed by atoms with E-state index in [2.05, 4.69) is 10.4 Å². The summed E-state index contributed by atoms with van der Waals surface area (Å²) in [5.41, 5.74) is 1.09. The molecule has 0 radical (unpaired) electrons. The van der Waals surface area contributed by atoms with Gasteiger partial charge >= 0.3 is 0 Å². The average molecular weight is 399 g/mol. The maximum Gasteiger partial charge on any atom is 0.274 e. The van der Waals surface area contributed by atoms with Crippen LogP contribution >= 0.6 is 0 Å². The first-order chi connectivity index (χ1) is 14.0. The standard InChI is InChI=1S/C19H21N5O5/c1-2-23-18(19(26)22-8-10-29-11-9-22)16(13-20-23)21-17(25)7-6-14-4-3-5-15(12-14)24(27)28/h3-7,12-13H,2,8-11H2,1H3,(H,21,25)/b7-6+. The molecule has 2 aromatic rings. The number of aryl methyl sites for hydroxylation is 1. The number of hydrogen-bond donors (Lipinski definition) is 1. The quantitative estimate of drug-likeness (QED) is 0.450. The molecule has 0 bridgehead atoms. The largest absolute Gasteiger partial charge is 0.378 e. The van der Waals surface area contributed by atoms with Crippen LogP contribution in [0.5, 0.6) is 0 Å². The van der Waals surface area contributed by atoms with Crippen molar-refractivity contribution in [3.05, 3.63) is 57.9 Å². The smallest absolute Gasteiger partial charge is 0.274 e. The number of nitrogens with one attached hydrogen (secondary N) is 1. The number of carbonyl (C=O) groups is 2. The number of amides is 2. The van der Waals surface area contributed by atoms with Crippen molar-refractivity contribution >= 4 is 29.3 Å². The summed E-state index contributed by atoms with van der Waals surface area (Å²) in [5, 5.41) is 17.7. The van der Waals surface area contributed by atoms with Gasteiger partial charge in [-0.05, 0) is 18.6 Å². The molecule has 0 spiro atoms. The Hall–Kier alpha value is -3.53. The van der Waals surface area contributed by atoms with Gasteiger partial charge in [-0.15, -0.1) is 0 Å². The van der Waals surface area contributed by atoms with Crippen LogP contribution in [0.4, 0.5) is 11.4 Å². The lowest BCUT2D eigenvalue weighted by atomic mass is 10.2. The van der Waals surface area contributed by atoms with Crippen molar-refractivity contribution in [3.63, 3.8) is 0 Å². The Kier molecular flexibility index (Phi) is 6.35. The van der Waals surface area contributed by atoms with Crippen LogP contribution in [0.3, 0.4) is 0 Å². The van der Waals surface area contributed by atoms with E-state index in [-0.39, 0.29) is 11.6 Å². The minimum atomic E-state index is -0.500. The number of non-ortho nitro benzene ring substituents is 1. The summed E-state index contributed by atoms with van der Waals surface area (Å²) in [6.45, 7) is 4.24. The highest BCUT2D eigenvalue weighted by atomic mass is 16.6. The van der Waals surface area contributed by atoms with E-state index in [0.29, 0.717) is 49.8 Å². The normalized spacial score (nSPS) is 14.2. The van der Waals surface area contributed by atoms with Crippen molar-refractivity contribution in [2.45, 2.75) is 13.5 Å². The molecule has 1 fully saturated rings. The third-order valence-electron chi connectivity index (χ3n) is 4.41. The Balaban J connectivity index is 1.75. The van der Waals surface area contributed by atoms with Crippen molar-refractivity contribution < 1.29 is 19.2 Å². The Morgan fingerprint density at radius 2 is 2.10 bits per heavy atom. The second kappa shape index (κ2) is 9.11. The molecule has 152 valence electrons. The summed E-state index contributed by atoms with van der Waals surface area (Å²) in [5.74, 6) is -0.686. The number of ether oxygens (including phenoxy) is 1. The van der Waals surface area contributed by atoms with Crippen LogP contribution in [0.1, 0.15) is 23.0 Å². The maximum absolute atomic E-state index is 12.9. The molecule has 3 rings (SSSR count). The fraction of sp³-hybridized carbons (Fsp3) is 0.316. The Labute approximate surface area is 166 Å². The fourth-order valence-electron chi connectivity index (χ4n) is 2.95. The molecule has 29 heavy (non-hydrogen) atoms. The molecule has 1 aromatic heterocycles. The molecule has 0 aliphatic carbocycles. The molecule has 10 nitrogen and oxygen atoms in total. The predicted octanol–water partition coefficient (Wildman–Crippen LogP) is 1.94. The maximum atomic E-state index is 12.9. The Morgan fingerprint density at radius 1 is 1.34 bits per heavy atom. The predicted molar refractivity (Wildman–Crippen MR) is 105 cm³/mol. The number of benzene rings is 1. The lowest BCUT2D eigenvalue weighted by molar-refractivity contribution is -0.384. The first-order valence-electron chi connectivity index (χ1n) is 9.16. The van der Waals surface area contributed by atoms with E-state index < -0.39 is 10.8 Å². The third kappa shape index (κ3) is 4.85. The molecule has 1 aromatic carbocycles. The number of hydrogen-bond acceptors (Lipinski definition) is 6. The fourth-order valence-corrected chi connectivity index (χ4v) is 2.95. The van der Waals surface area contributed by atoms with Gasteiger partial charge in [-0.3, -0.25) is 24.4 Å². The van der Waals surface area contributed by atoms with E-state index in [1.165, 1.54) is 35.2 Å². The van der Waals surface area contributed by atoms with Crippen LogP contribution < -0.4 is 5.32 Å². The average Bonchev–Trinajstić information content (AvgIpc) is 3.15. The van der Waals surface area contributed by atoms with E-state index in [0.717, 1.165) is 0 Å². The first-order valence-corrected chi connectivity index (χ1v) is 9.16. The number of nitro groups is 1. The SMILES string of the molecule is CCn1ncc(NC(=O)/C=C/c2cccc([N+](=O)[O-])c2)c1C(=O)N1CCOCC1. The van der Waals surface area contributed by atoms with Gasteiger partial charge in [0.15, 0.2) is 0 Å². The van der Waals surface area contributed by atoms with Crippen LogP contribution in [0.15, 0.2) is 36.5 Å². The molecular formula is C19H21N5O5. The van der Waals surface area contributed by atoms with Crippen molar-refractivity contribution in [1.82, 2.24) is 14.7 Å². The van der Waals surface area contributed by atoms with Gasteiger partial charge in [-0.1, -0.05) is 12.1 Å². The third-order valence-corrected chi connectivity index (χ3v) is 4.41. The Bertz CT molecular complexity index is 946. The van der Waals surface area contributed by atoms with Crippen molar-refractivity contribution in [1.29, 1.82) is 0 Å². The minimum Gasteiger partial charge on any atom is -0.378 e. The van der Waals surface area contributed by atoms with Crippen molar-refractivity contribution in [3.8, 4) is 0 Å². The summed E-state index contributed by atoms with van der Waals surface area (Å²) < 4.78 is 6.82. The lowest BCUT2D eigenvalue weighted by Crippen LogP contribution is -2.41. The molecular weight excluding hydrogens is 378 g/mol. The molecule has 1 saturated heterocycles. The molecule has 0 unspecified atom stereocenters. The van der Waals surface area contributed by atoms with Gasteiger partial charge in [0.2, 0.25) is 5.91 Å². The number of rotatable bonds is 6. The summed E-state index contributed by atoms with van der Waals surface area (Å²) in [7, 11) is 0. The van der Waals surface area contributed by atoms with Gasteiger partial charge in [-0.25, -0.2) is 0 Å². The molecule has 2 heterocycles. The second-order valence-corrected chi connectivity index (χ2v) is 6.30. The number of morpholine rings is 1. The Morgan fingerprint density at radius 3 is 2.79 bits per heavy atom. The number of anilines is 1. The molecule has 2 amide bonds. The van der Waals surface area contributed by atoms with E-state index in [1.54, 1.807) is 17.0 Å². The zero-order valence-corrected chi connectivity index (χ0v) is 15.9. The molecule has 1 aliphatic rings. The summed E-state index contributed by atoms with van der Waals surface area (Å²) in [6, 6.07) is 5.94. The van der Waals surface area contributed by atoms with Gasteiger partial charge in [0.1, 0.15) is 5.69 Å². The highest BCUT2D eigenvalue weighted by molar-refractivity contribution is 6.06. The van der Waals surface area contributed by atoms with Crippen LogP contribution in [0.2, 0.25) is 0 Å². The van der Waals surface area contributed by atoms with Crippen LogP contribution in [0, 0.1) is 10.1 Å². The van der Waals surface area contributed by atoms with Crippen LogP contribution in [-0.4, -0.2) is 57.7 Å². The van der Waals surface area contributed by atoms with Gasteiger partial charge < -0.3 is 15.0 Å². The molecule has 1 aliphatic heterocycles. The number of carbonyl (C=O) groups excluding carboxylic acids is 2. The van der Waals surface area contributed by atoms with E-state index in [4.69, 9.17) is 4.74 Å². The van der Waals surface area contributed by atoms with Crippen LogP contribution in [-0.2, 0) is 16.1 Å². The zero-order chi connectivity index (χ0) is 20.8. The minimum absolute atomic E-state index is 0.0600. The van der Waals surface area contributed by atoms with E-state index in [9.17, 15) is 19.7 Å². The highest BCUT2D eigenvalue weighted by Crippen LogP contribution is 2.19. The summed E-state index contributed by atoms with van der Waals surface area (Å²) in [6.07, 6.45) is 4.16. The summed E-state index contributed by atoms with van der Waals surface area (Å²) >= 11 is 0. The molecule has 0 atom stereocenters. The van der Waals surface area contributed by atoms with Gasteiger partial charge in [0, 0.05) is 37.8 Å². The van der Waals surface area contributed by atoms with Gasteiger partial charge in [0.05, 0.1) is 30.0 Å². The zero-order valence-electron chi connectivity index (χ0n) is 15.9. The molecule has 10 heteroatoms. The molecule has 1 N–H and O–H groups in total. The number of nitrogens with zero attached hydrogens (tertiary/aromatic N) is 4. The lowest BCUT2D eigenvalue weighted by Gasteiger charge is -2.27. The van der Waals surface area contributed by atoms with Crippen LogP contribution in [0.25, 0.3) is 6.08 Å². The van der Waals surface area contributed by atoms with E-state index in [1.807, 2.05) is 6.92 Å². The van der Waals surface area contributed by atoms with Gasteiger partial charge in [-0.2, -0.15) is 5.10 Å². The van der Waals surface area contributed by atoms with E-state index >= 15 is 0 Å². The number of nitro benzene ring substituents is 1. The topological polar surface area (TPSA) is 120 Å². The van der Waals surface area contributed by atoms with Crippen molar-refractivity contribution in [2.24, 2.45) is 0 Å². The number of aromatic nitrogens is 2. The van der Waals surface area contributed by atoms with Gasteiger partial charge in [0.25, 0.3) is 11.6 Å². The molecule has 0 saturated carbocycles.